The van der Waals surface area contributed by atoms with E-state index < -0.39 is 6.10 Å². The van der Waals surface area contributed by atoms with Crippen molar-refractivity contribution in [3.8, 4) is 0 Å². The highest BCUT2D eigenvalue weighted by Gasteiger charge is 2.25. The van der Waals surface area contributed by atoms with Gasteiger partial charge in [0.15, 0.2) is 0 Å². The molecule has 1 saturated heterocycles. The zero-order valence-electron chi connectivity index (χ0n) is 8.83. The number of ether oxygens (including phenoxy) is 1. The standard InChI is InChI=1S/C12H14FIO2/c13-9-3-4-10(11(14)6-9)12(15)8-2-1-5-16-7-8/h3-4,6,8,12,15H,1-2,5,7H2. The predicted octanol–water partition coefficient (Wildman–Crippen LogP) is 2.89. The van der Waals surface area contributed by atoms with Crippen molar-refractivity contribution in [3.05, 3.63) is 33.1 Å². The average molecular weight is 336 g/mol. The molecule has 2 unspecified atom stereocenters. The molecule has 1 aromatic rings. The lowest BCUT2D eigenvalue weighted by atomic mass is 9.91. The summed E-state index contributed by atoms with van der Waals surface area (Å²) in [6.45, 7) is 1.37. The summed E-state index contributed by atoms with van der Waals surface area (Å²) in [6.07, 6.45) is 1.40. The van der Waals surface area contributed by atoms with Crippen LogP contribution in [0.25, 0.3) is 0 Å². The first-order valence-corrected chi connectivity index (χ1v) is 6.47. The van der Waals surface area contributed by atoms with Crippen molar-refractivity contribution in [2.75, 3.05) is 13.2 Å². The molecule has 2 nitrogen and oxygen atoms in total. The van der Waals surface area contributed by atoms with Crippen LogP contribution in [0, 0.1) is 15.3 Å². The van der Waals surface area contributed by atoms with Gasteiger partial charge in [0.05, 0.1) is 12.7 Å². The van der Waals surface area contributed by atoms with Gasteiger partial charge in [0, 0.05) is 16.1 Å². The second-order valence-corrected chi connectivity index (χ2v) is 5.25. The molecule has 16 heavy (non-hydrogen) atoms. The van der Waals surface area contributed by atoms with Crippen LogP contribution in [0.15, 0.2) is 18.2 Å². The van der Waals surface area contributed by atoms with E-state index in [2.05, 4.69) is 22.6 Å². The fourth-order valence-electron chi connectivity index (χ4n) is 2.01. The maximum absolute atomic E-state index is 12.9. The molecule has 0 saturated carbocycles. The third-order valence-electron chi connectivity index (χ3n) is 2.92. The molecule has 0 spiro atoms. The van der Waals surface area contributed by atoms with E-state index >= 15 is 0 Å². The monoisotopic (exact) mass is 336 g/mol. The zero-order valence-corrected chi connectivity index (χ0v) is 11.0. The van der Waals surface area contributed by atoms with Crippen molar-refractivity contribution in [2.45, 2.75) is 18.9 Å². The van der Waals surface area contributed by atoms with Crippen LogP contribution >= 0.6 is 22.6 Å². The fourth-order valence-corrected chi connectivity index (χ4v) is 2.81. The number of hydrogen-bond donors (Lipinski definition) is 1. The molecule has 0 amide bonds. The zero-order chi connectivity index (χ0) is 11.5. The van der Waals surface area contributed by atoms with Crippen molar-refractivity contribution < 1.29 is 14.2 Å². The van der Waals surface area contributed by atoms with Gasteiger partial charge >= 0.3 is 0 Å². The Bertz CT molecular complexity index is 364. The summed E-state index contributed by atoms with van der Waals surface area (Å²) in [5.74, 6) is -0.132. The van der Waals surface area contributed by atoms with Crippen LogP contribution in [0.4, 0.5) is 4.39 Å². The van der Waals surface area contributed by atoms with E-state index in [1.807, 2.05) is 0 Å². The van der Waals surface area contributed by atoms with Crippen molar-refractivity contribution in [2.24, 2.45) is 5.92 Å². The molecule has 1 fully saturated rings. The lowest BCUT2D eigenvalue weighted by molar-refractivity contribution is -0.0103. The Morgan fingerprint density at radius 2 is 2.31 bits per heavy atom. The predicted molar refractivity (Wildman–Crippen MR) is 67.6 cm³/mol. The first-order valence-electron chi connectivity index (χ1n) is 5.39. The van der Waals surface area contributed by atoms with E-state index in [0.29, 0.717) is 6.61 Å². The van der Waals surface area contributed by atoms with Gasteiger partial charge in [0.1, 0.15) is 5.82 Å². The van der Waals surface area contributed by atoms with Crippen LogP contribution in [0.2, 0.25) is 0 Å². The Morgan fingerprint density at radius 1 is 1.50 bits per heavy atom. The highest BCUT2D eigenvalue weighted by Crippen LogP contribution is 2.31. The molecule has 1 heterocycles. The van der Waals surface area contributed by atoms with Gasteiger partial charge in [-0.2, -0.15) is 0 Å². The summed E-state index contributed by atoms with van der Waals surface area (Å²) < 4.78 is 19.1. The summed E-state index contributed by atoms with van der Waals surface area (Å²) in [4.78, 5) is 0. The Balaban J connectivity index is 2.15. The highest BCUT2D eigenvalue weighted by atomic mass is 127. The van der Waals surface area contributed by atoms with Crippen LogP contribution in [0.1, 0.15) is 24.5 Å². The normalized spacial score (nSPS) is 23.1. The third-order valence-corrected chi connectivity index (χ3v) is 3.86. The molecule has 2 atom stereocenters. The van der Waals surface area contributed by atoms with E-state index in [1.165, 1.54) is 12.1 Å². The summed E-state index contributed by atoms with van der Waals surface area (Å²) in [7, 11) is 0. The number of halogens is 2. The van der Waals surface area contributed by atoms with Gasteiger partial charge in [-0.1, -0.05) is 6.07 Å². The van der Waals surface area contributed by atoms with Gasteiger partial charge in [0.25, 0.3) is 0 Å². The van der Waals surface area contributed by atoms with Crippen molar-refractivity contribution in [3.63, 3.8) is 0 Å². The first-order chi connectivity index (χ1) is 7.68. The molecular formula is C12H14FIO2. The quantitative estimate of drug-likeness (QED) is 0.842. The molecular weight excluding hydrogens is 322 g/mol. The number of hydrogen-bond acceptors (Lipinski definition) is 2. The first kappa shape index (κ1) is 12.3. The SMILES string of the molecule is OC(c1ccc(F)cc1I)C1CCCOC1. The van der Waals surface area contributed by atoms with Gasteiger partial charge in [-0.3, -0.25) is 0 Å². The average Bonchev–Trinajstić information content (AvgIpc) is 2.29. The van der Waals surface area contributed by atoms with Crippen molar-refractivity contribution in [1.29, 1.82) is 0 Å². The van der Waals surface area contributed by atoms with Gasteiger partial charge in [-0.25, -0.2) is 4.39 Å². The second-order valence-electron chi connectivity index (χ2n) is 4.09. The van der Waals surface area contributed by atoms with Crippen LogP contribution in [-0.4, -0.2) is 18.3 Å². The number of rotatable bonds is 2. The van der Waals surface area contributed by atoms with Crippen LogP contribution in [-0.2, 0) is 4.74 Å². The molecule has 2 rings (SSSR count). The van der Waals surface area contributed by atoms with E-state index in [-0.39, 0.29) is 11.7 Å². The van der Waals surface area contributed by atoms with Crippen LogP contribution in [0.5, 0.6) is 0 Å². The lowest BCUT2D eigenvalue weighted by Crippen LogP contribution is -2.24. The minimum Gasteiger partial charge on any atom is -0.388 e. The maximum Gasteiger partial charge on any atom is 0.124 e. The molecule has 1 aliphatic rings. The number of aliphatic hydroxyl groups is 1. The minimum atomic E-state index is -0.548. The van der Waals surface area contributed by atoms with E-state index in [0.717, 1.165) is 28.6 Å². The van der Waals surface area contributed by atoms with Gasteiger partial charge in [-0.15, -0.1) is 0 Å². The third kappa shape index (κ3) is 2.73. The Kier molecular flexibility index (Phi) is 4.16. The topological polar surface area (TPSA) is 29.5 Å². The maximum atomic E-state index is 12.9. The molecule has 1 aromatic carbocycles. The Hall–Kier alpha value is -0.200. The Labute approximate surface area is 108 Å². The van der Waals surface area contributed by atoms with Gasteiger partial charge in [-0.05, 0) is 53.1 Å². The summed E-state index contributed by atoms with van der Waals surface area (Å²) in [5, 5.41) is 10.2. The van der Waals surface area contributed by atoms with E-state index in [1.54, 1.807) is 6.07 Å². The molecule has 88 valence electrons. The largest absolute Gasteiger partial charge is 0.388 e. The van der Waals surface area contributed by atoms with Gasteiger partial charge < -0.3 is 9.84 Å². The number of aliphatic hydroxyl groups excluding tert-OH is 1. The van der Waals surface area contributed by atoms with E-state index in [4.69, 9.17) is 4.74 Å². The van der Waals surface area contributed by atoms with Crippen LogP contribution in [0.3, 0.4) is 0 Å². The molecule has 0 aliphatic carbocycles. The molecule has 0 radical (unpaired) electrons. The van der Waals surface area contributed by atoms with Gasteiger partial charge in [0.2, 0.25) is 0 Å². The van der Waals surface area contributed by atoms with Crippen molar-refractivity contribution >= 4 is 22.6 Å². The molecule has 1 N–H and O–H groups in total. The highest BCUT2D eigenvalue weighted by molar-refractivity contribution is 14.1. The fraction of sp³-hybridized carbons (Fsp3) is 0.500. The summed E-state index contributed by atoms with van der Waals surface area (Å²) >= 11 is 2.06. The number of benzene rings is 1. The molecule has 0 bridgehead atoms. The van der Waals surface area contributed by atoms with Crippen molar-refractivity contribution in [1.82, 2.24) is 0 Å². The Morgan fingerprint density at radius 3 is 2.94 bits per heavy atom. The molecule has 4 heteroatoms. The lowest BCUT2D eigenvalue weighted by Gasteiger charge is -2.27. The summed E-state index contributed by atoms with van der Waals surface area (Å²) in [6, 6.07) is 4.50. The minimum absolute atomic E-state index is 0.132. The summed E-state index contributed by atoms with van der Waals surface area (Å²) in [5.41, 5.74) is 0.803. The molecule has 0 aromatic heterocycles. The molecule has 1 aliphatic heterocycles. The van der Waals surface area contributed by atoms with Crippen LogP contribution < -0.4 is 0 Å². The van der Waals surface area contributed by atoms with E-state index in [9.17, 15) is 9.50 Å². The smallest absolute Gasteiger partial charge is 0.124 e. The second kappa shape index (κ2) is 5.42.